The van der Waals surface area contributed by atoms with E-state index >= 15 is 0 Å². The Balaban J connectivity index is 1.61. The molecule has 0 unspecified atom stereocenters. The lowest BCUT2D eigenvalue weighted by molar-refractivity contribution is -0.164. The Morgan fingerprint density at radius 3 is 2.50 bits per heavy atom. The number of aromatic nitrogens is 1. The summed E-state index contributed by atoms with van der Waals surface area (Å²) in [7, 11) is 0. The number of benzene rings is 1. The molecule has 180 valence electrons. The largest absolute Gasteiger partial charge is 0.489 e. The van der Waals surface area contributed by atoms with Crippen molar-refractivity contribution >= 4 is 23.8 Å². The number of aryl methyl sites for hydroxylation is 1. The van der Waals surface area contributed by atoms with Crippen LogP contribution in [0.5, 0.6) is 5.75 Å². The first kappa shape index (κ1) is 25.7. The maximum Gasteiger partial charge on any atom is 0.253 e. The van der Waals surface area contributed by atoms with E-state index in [-0.39, 0.29) is 28.9 Å². The topological polar surface area (TPSA) is 92.1 Å². The number of nitrogens with one attached hydrogen (secondary N) is 1. The number of aldehydes is 1. The number of rotatable bonds is 10. The molecule has 34 heavy (non-hydrogen) atoms. The minimum atomic E-state index is -0.325. The van der Waals surface area contributed by atoms with Gasteiger partial charge in [0.2, 0.25) is 0 Å². The van der Waals surface area contributed by atoms with E-state index in [0.29, 0.717) is 28.3 Å². The van der Waals surface area contributed by atoms with E-state index in [1.54, 1.807) is 24.4 Å². The fourth-order valence-corrected chi connectivity index (χ4v) is 5.44. The van der Waals surface area contributed by atoms with Gasteiger partial charge in [0.1, 0.15) is 24.2 Å². The SMILES string of the molecule is CC1(C)[C@H](NC(=O)c2ccc(CCCCCC=O)nc2)C(C)(C)[C@H]1Oc1ccc(C#N)c(Cl)c1. The maximum atomic E-state index is 13.0. The van der Waals surface area contributed by atoms with Crippen LogP contribution in [-0.2, 0) is 11.2 Å². The molecule has 0 aliphatic heterocycles. The fourth-order valence-electron chi connectivity index (χ4n) is 5.23. The van der Waals surface area contributed by atoms with E-state index < -0.39 is 0 Å². The van der Waals surface area contributed by atoms with Gasteiger partial charge >= 0.3 is 0 Å². The average molecular weight is 482 g/mol. The van der Waals surface area contributed by atoms with Crippen molar-refractivity contribution in [3.63, 3.8) is 0 Å². The Morgan fingerprint density at radius 2 is 1.91 bits per heavy atom. The number of nitriles is 1. The number of carbonyl (C=O) groups excluding carboxylic acids is 2. The molecule has 0 atom stereocenters. The van der Waals surface area contributed by atoms with Gasteiger partial charge in [0.25, 0.3) is 5.91 Å². The van der Waals surface area contributed by atoms with Crippen LogP contribution in [0.15, 0.2) is 36.5 Å². The van der Waals surface area contributed by atoms with Crippen molar-refractivity contribution < 1.29 is 14.3 Å². The molecule has 0 bridgehead atoms. The van der Waals surface area contributed by atoms with Crippen molar-refractivity contribution in [1.82, 2.24) is 10.3 Å². The molecular formula is C27H32ClN3O3. The zero-order chi connectivity index (χ0) is 24.9. The van der Waals surface area contributed by atoms with Gasteiger partial charge in [-0.05, 0) is 43.5 Å². The first-order chi connectivity index (χ1) is 16.1. The van der Waals surface area contributed by atoms with Gasteiger partial charge in [-0.1, -0.05) is 45.7 Å². The van der Waals surface area contributed by atoms with Crippen LogP contribution >= 0.6 is 11.6 Å². The Bertz CT molecular complexity index is 1060. The predicted octanol–water partition coefficient (Wildman–Crippen LogP) is 5.52. The van der Waals surface area contributed by atoms with E-state index in [0.717, 1.165) is 37.7 Å². The summed E-state index contributed by atoms with van der Waals surface area (Å²) in [6.07, 6.45) is 6.73. The van der Waals surface area contributed by atoms with Gasteiger partial charge in [0.15, 0.2) is 0 Å². The minimum absolute atomic E-state index is 0.108. The highest BCUT2D eigenvalue weighted by Crippen LogP contribution is 2.55. The first-order valence-corrected chi connectivity index (χ1v) is 12.0. The second kappa shape index (κ2) is 10.6. The molecule has 0 radical (unpaired) electrons. The van der Waals surface area contributed by atoms with Crippen LogP contribution in [0.2, 0.25) is 5.02 Å². The quantitative estimate of drug-likeness (QED) is 0.356. The van der Waals surface area contributed by atoms with Crippen molar-refractivity contribution in [2.75, 3.05) is 0 Å². The van der Waals surface area contributed by atoms with Crippen molar-refractivity contribution in [3.8, 4) is 11.8 Å². The Morgan fingerprint density at radius 1 is 1.18 bits per heavy atom. The highest BCUT2D eigenvalue weighted by atomic mass is 35.5. The molecule has 3 rings (SSSR count). The van der Waals surface area contributed by atoms with E-state index in [1.165, 1.54) is 0 Å². The number of halogens is 1. The highest BCUT2D eigenvalue weighted by Gasteiger charge is 2.64. The van der Waals surface area contributed by atoms with Gasteiger partial charge in [-0.2, -0.15) is 5.26 Å². The third-order valence-electron chi connectivity index (χ3n) is 6.77. The second-order valence-electron chi connectivity index (χ2n) is 10.1. The Kier molecular flexibility index (Phi) is 7.99. The summed E-state index contributed by atoms with van der Waals surface area (Å²) in [6.45, 7) is 8.30. The molecule has 1 aromatic heterocycles. The van der Waals surface area contributed by atoms with Crippen LogP contribution in [0, 0.1) is 22.2 Å². The van der Waals surface area contributed by atoms with E-state index in [4.69, 9.17) is 21.6 Å². The summed E-state index contributed by atoms with van der Waals surface area (Å²) >= 11 is 6.16. The number of unbranched alkanes of at least 4 members (excludes halogenated alkanes) is 3. The predicted molar refractivity (Wildman–Crippen MR) is 132 cm³/mol. The number of ether oxygens (including phenoxy) is 1. The van der Waals surface area contributed by atoms with Gasteiger partial charge in [-0.15, -0.1) is 0 Å². The lowest BCUT2D eigenvalue weighted by Gasteiger charge is -2.63. The number of carbonyl (C=O) groups is 2. The number of amides is 1. The zero-order valence-electron chi connectivity index (χ0n) is 20.2. The van der Waals surface area contributed by atoms with E-state index in [2.05, 4.69) is 38.0 Å². The van der Waals surface area contributed by atoms with Crippen LogP contribution in [-0.4, -0.2) is 29.3 Å². The standard InChI is InChI=1S/C27H32ClN3O3/c1-26(2)24(27(3,4)25(26)34-21-13-11-18(16-29)22(28)15-21)31-23(33)19-10-12-20(30-17-19)9-7-5-6-8-14-32/h10-15,17,24-25H,5-9H2,1-4H3,(H,31,33)/t24-,25-. The van der Waals surface area contributed by atoms with Gasteiger partial charge < -0.3 is 14.8 Å². The summed E-state index contributed by atoms with van der Waals surface area (Å²) in [5.41, 5.74) is 1.23. The molecule has 0 saturated heterocycles. The first-order valence-electron chi connectivity index (χ1n) is 11.7. The van der Waals surface area contributed by atoms with Crippen molar-refractivity contribution in [3.05, 3.63) is 58.4 Å². The van der Waals surface area contributed by atoms with Crippen molar-refractivity contribution in [1.29, 1.82) is 5.26 Å². The molecule has 1 saturated carbocycles. The maximum absolute atomic E-state index is 13.0. The fraction of sp³-hybridized carbons (Fsp3) is 0.481. The summed E-state index contributed by atoms with van der Waals surface area (Å²) in [6, 6.07) is 10.7. The van der Waals surface area contributed by atoms with Crippen molar-refractivity contribution in [2.45, 2.75) is 71.9 Å². The molecule has 1 aromatic carbocycles. The van der Waals surface area contributed by atoms with Gasteiger partial charge in [0, 0.05) is 41.2 Å². The lowest BCUT2D eigenvalue weighted by atomic mass is 9.49. The number of nitrogens with zero attached hydrogens (tertiary/aromatic N) is 2. The molecule has 1 heterocycles. The van der Waals surface area contributed by atoms with Crippen LogP contribution in [0.3, 0.4) is 0 Å². The highest BCUT2D eigenvalue weighted by molar-refractivity contribution is 6.31. The average Bonchev–Trinajstić information content (AvgIpc) is 2.81. The summed E-state index contributed by atoms with van der Waals surface area (Å²) in [5, 5.41) is 12.6. The van der Waals surface area contributed by atoms with E-state index in [9.17, 15) is 9.59 Å². The monoisotopic (exact) mass is 481 g/mol. The molecule has 7 heteroatoms. The molecular weight excluding hydrogens is 450 g/mol. The number of hydrogen-bond donors (Lipinski definition) is 1. The van der Waals surface area contributed by atoms with Gasteiger partial charge in [0.05, 0.1) is 16.1 Å². The molecule has 0 spiro atoms. The third-order valence-corrected chi connectivity index (χ3v) is 7.08. The smallest absolute Gasteiger partial charge is 0.253 e. The summed E-state index contributed by atoms with van der Waals surface area (Å²) in [5.74, 6) is 0.446. The molecule has 1 aliphatic rings. The molecule has 1 amide bonds. The van der Waals surface area contributed by atoms with Crippen molar-refractivity contribution in [2.24, 2.45) is 10.8 Å². The second-order valence-corrected chi connectivity index (χ2v) is 10.5. The number of hydrogen-bond acceptors (Lipinski definition) is 5. The minimum Gasteiger partial charge on any atom is -0.489 e. The van der Waals surface area contributed by atoms with Crippen LogP contribution in [0.1, 0.15) is 75.0 Å². The Hall–Kier alpha value is -2.91. The van der Waals surface area contributed by atoms with Gasteiger partial charge in [-0.25, -0.2) is 0 Å². The lowest BCUT2D eigenvalue weighted by Crippen LogP contribution is -2.74. The normalized spacial score (nSPS) is 20.0. The molecule has 1 N–H and O–H groups in total. The van der Waals surface area contributed by atoms with Crippen LogP contribution in [0.4, 0.5) is 0 Å². The van der Waals surface area contributed by atoms with Crippen LogP contribution < -0.4 is 10.1 Å². The zero-order valence-corrected chi connectivity index (χ0v) is 21.0. The number of pyridine rings is 1. The third kappa shape index (κ3) is 5.42. The molecule has 2 aromatic rings. The summed E-state index contributed by atoms with van der Waals surface area (Å²) in [4.78, 5) is 27.8. The molecule has 1 aliphatic carbocycles. The summed E-state index contributed by atoms with van der Waals surface area (Å²) < 4.78 is 6.28. The Labute approximate surface area is 206 Å². The van der Waals surface area contributed by atoms with Gasteiger partial charge in [-0.3, -0.25) is 9.78 Å². The van der Waals surface area contributed by atoms with E-state index in [1.807, 2.05) is 18.2 Å². The molecule has 6 nitrogen and oxygen atoms in total. The molecule has 1 fully saturated rings. The van der Waals surface area contributed by atoms with Crippen LogP contribution in [0.25, 0.3) is 0 Å².